The largest absolute Gasteiger partial charge is 0.539 e. The van der Waals surface area contributed by atoms with E-state index in [4.69, 9.17) is 31.4 Å². The third kappa shape index (κ3) is 7.50. The summed E-state index contributed by atoms with van der Waals surface area (Å²) >= 11 is 5.91. The van der Waals surface area contributed by atoms with Crippen LogP contribution in [-0.4, -0.2) is 59.7 Å². The topological polar surface area (TPSA) is 111 Å². The standard InChI is InChI=1S/C17H21ClN4.C2H2O4/c18-16-13-19-14-17(20-16)22-11-9-21(10-12-22)8-4-7-15-5-2-1-3-6-15;3-1(4)2(5)6/h1-3,5-6,13-14H,4,7-12H2;(H,3,4)(H,5,6). The van der Waals surface area contributed by atoms with Gasteiger partial charge in [0.25, 0.3) is 0 Å². The van der Waals surface area contributed by atoms with Crippen LogP contribution in [0.15, 0.2) is 42.7 Å². The third-order valence-electron chi connectivity index (χ3n) is 4.40. The number of nitrogens with one attached hydrogen (secondary N) is 1. The zero-order chi connectivity index (χ0) is 20.4. The summed E-state index contributed by atoms with van der Waals surface area (Å²) < 4.78 is 0. The Morgan fingerprint density at radius 3 is 2.39 bits per heavy atom. The van der Waals surface area contributed by atoms with E-state index in [1.807, 2.05) is 0 Å². The van der Waals surface area contributed by atoms with Crippen LogP contribution in [0, 0.1) is 0 Å². The van der Waals surface area contributed by atoms with Crippen LogP contribution in [-0.2, 0) is 16.0 Å². The molecule has 3 rings (SSSR count). The SMILES string of the molecule is Clc1cncc(N2CC[NH+](CCCc3ccccc3)CC2)n1.O=C([O-])C(=O)O. The Balaban J connectivity index is 0.000000409. The molecule has 0 saturated carbocycles. The van der Waals surface area contributed by atoms with Crippen molar-refractivity contribution in [1.82, 2.24) is 9.97 Å². The summed E-state index contributed by atoms with van der Waals surface area (Å²) in [6.07, 6.45) is 5.80. The second-order valence-electron chi connectivity index (χ2n) is 6.37. The number of nitrogens with zero attached hydrogens (tertiary/aromatic N) is 3. The fourth-order valence-corrected chi connectivity index (χ4v) is 3.12. The molecule has 0 radical (unpaired) electrons. The summed E-state index contributed by atoms with van der Waals surface area (Å²) in [7, 11) is 0. The highest BCUT2D eigenvalue weighted by molar-refractivity contribution is 6.29. The van der Waals surface area contributed by atoms with Crippen molar-refractivity contribution in [1.29, 1.82) is 0 Å². The first-order valence-corrected chi connectivity index (χ1v) is 9.37. The Kier molecular flexibility index (Phi) is 8.64. The highest BCUT2D eigenvalue weighted by Gasteiger charge is 2.20. The van der Waals surface area contributed by atoms with Crippen molar-refractivity contribution in [3.8, 4) is 0 Å². The van der Waals surface area contributed by atoms with Gasteiger partial charge in [-0.15, -0.1) is 0 Å². The summed E-state index contributed by atoms with van der Waals surface area (Å²) in [5.41, 5.74) is 1.44. The molecule has 0 bridgehead atoms. The zero-order valence-corrected chi connectivity index (χ0v) is 16.1. The number of anilines is 1. The molecule has 28 heavy (non-hydrogen) atoms. The van der Waals surface area contributed by atoms with Crippen molar-refractivity contribution < 1.29 is 24.7 Å². The first kappa shape index (κ1) is 21.6. The van der Waals surface area contributed by atoms with Crippen molar-refractivity contribution in [3.63, 3.8) is 0 Å². The van der Waals surface area contributed by atoms with Gasteiger partial charge in [0.2, 0.25) is 0 Å². The molecule has 2 N–H and O–H groups in total. The molecule has 1 saturated heterocycles. The second kappa shape index (κ2) is 11.2. The van der Waals surface area contributed by atoms with E-state index in [2.05, 4.69) is 45.2 Å². The lowest BCUT2D eigenvalue weighted by Crippen LogP contribution is -3.14. The molecule has 0 spiro atoms. The van der Waals surface area contributed by atoms with E-state index in [-0.39, 0.29) is 0 Å². The number of halogens is 1. The van der Waals surface area contributed by atoms with Gasteiger partial charge in [-0.1, -0.05) is 41.9 Å². The first-order valence-electron chi connectivity index (χ1n) is 9.00. The molecule has 1 aromatic carbocycles. The maximum atomic E-state index is 9.04. The maximum Gasteiger partial charge on any atom is 0.351 e. The number of hydrogen-bond donors (Lipinski definition) is 2. The van der Waals surface area contributed by atoms with Crippen molar-refractivity contribution in [3.05, 3.63) is 53.4 Å². The lowest BCUT2D eigenvalue weighted by atomic mass is 10.1. The fourth-order valence-electron chi connectivity index (χ4n) is 2.97. The summed E-state index contributed by atoms with van der Waals surface area (Å²) in [5, 5.41) is 16.8. The van der Waals surface area contributed by atoms with Crippen LogP contribution in [0.1, 0.15) is 12.0 Å². The minimum absolute atomic E-state index is 0.468. The predicted octanol–water partition coefficient (Wildman–Crippen LogP) is -0.711. The van der Waals surface area contributed by atoms with Crippen LogP contribution in [0.3, 0.4) is 0 Å². The van der Waals surface area contributed by atoms with Gasteiger partial charge in [0.1, 0.15) is 11.0 Å². The number of rotatable bonds is 5. The number of hydrogen-bond acceptors (Lipinski definition) is 6. The molecule has 150 valence electrons. The number of piperazine rings is 1. The van der Waals surface area contributed by atoms with Gasteiger partial charge >= 0.3 is 5.97 Å². The molecular weight excluding hydrogens is 384 g/mol. The van der Waals surface area contributed by atoms with Gasteiger partial charge in [0.05, 0.1) is 45.1 Å². The quantitative estimate of drug-likeness (QED) is 0.631. The van der Waals surface area contributed by atoms with Gasteiger partial charge in [0.15, 0.2) is 5.97 Å². The van der Waals surface area contributed by atoms with Gasteiger partial charge in [-0.3, -0.25) is 4.98 Å². The number of quaternary nitrogens is 1. The van der Waals surface area contributed by atoms with Crippen molar-refractivity contribution in [2.75, 3.05) is 37.6 Å². The van der Waals surface area contributed by atoms with Crippen LogP contribution < -0.4 is 14.9 Å². The number of carbonyl (C=O) groups excluding carboxylic acids is 1. The number of aromatic nitrogens is 2. The molecular formula is C19H23ClN4O4. The van der Waals surface area contributed by atoms with E-state index in [0.29, 0.717) is 5.15 Å². The Labute approximate surface area is 168 Å². The monoisotopic (exact) mass is 406 g/mol. The van der Waals surface area contributed by atoms with Gasteiger partial charge < -0.3 is 24.8 Å². The molecule has 9 heteroatoms. The van der Waals surface area contributed by atoms with Gasteiger partial charge in [-0.25, -0.2) is 9.78 Å². The number of carbonyl (C=O) groups is 2. The summed E-state index contributed by atoms with van der Waals surface area (Å²) in [6.45, 7) is 5.60. The lowest BCUT2D eigenvalue weighted by Gasteiger charge is -2.32. The number of carboxylic acid groups (broad SMARTS) is 2. The van der Waals surface area contributed by atoms with E-state index in [9.17, 15) is 0 Å². The first-order chi connectivity index (χ1) is 13.5. The number of carboxylic acids is 2. The van der Waals surface area contributed by atoms with E-state index in [0.717, 1.165) is 32.0 Å². The third-order valence-corrected chi connectivity index (χ3v) is 4.58. The second-order valence-corrected chi connectivity index (χ2v) is 6.76. The van der Waals surface area contributed by atoms with Crippen molar-refractivity contribution >= 4 is 29.4 Å². The minimum atomic E-state index is -2.07. The Morgan fingerprint density at radius 2 is 1.82 bits per heavy atom. The van der Waals surface area contributed by atoms with E-state index >= 15 is 0 Å². The number of aryl methyl sites for hydroxylation is 1. The van der Waals surface area contributed by atoms with Crippen LogP contribution in [0.5, 0.6) is 0 Å². The van der Waals surface area contributed by atoms with Crippen LogP contribution in [0.25, 0.3) is 0 Å². The van der Waals surface area contributed by atoms with E-state index in [1.54, 1.807) is 17.3 Å². The summed E-state index contributed by atoms with van der Waals surface area (Å²) in [6, 6.07) is 10.7. The van der Waals surface area contributed by atoms with Gasteiger partial charge in [0, 0.05) is 6.42 Å². The molecule has 0 amide bonds. The molecule has 1 aliphatic rings. The summed E-state index contributed by atoms with van der Waals surface area (Å²) in [5.74, 6) is -3.11. The molecule has 1 aliphatic heterocycles. The highest BCUT2D eigenvalue weighted by Crippen LogP contribution is 2.12. The van der Waals surface area contributed by atoms with Gasteiger partial charge in [-0.05, 0) is 12.0 Å². The number of benzene rings is 1. The molecule has 1 aromatic heterocycles. The van der Waals surface area contributed by atoms with Crippen LogP contribution in [0.4, 0.5) is 5.82 Å². The molecule has 0 aliphatic carbocycles. The van der Waals surface area contributed by atoms with Crippen molar-refractivity contribution in [2.24, 2.45) is 0 Å². The average Bonchev–Trinajstić information content (AvgIpc) is 2.70. The minimum Gasteiger partial charge on any atom is -0.539 e. The predicted molar refractivity (Wildman–Crippen MR) is 102 cm³/mol. The number of aliphatic carboxylic acids is 2. The van der Waals surface area contributed by atoms with E-state index in [1.165, 1.54) is 24.9 Å². The molecule has 0 unspecified atom stereocenters. The zero-order valence-electron chi connectivity index (χ0n) is 15.4. The summed E-state index contributed by atoms with van der Waals surface area (Å²) in [4.78, 5) is 30.4. The van der Waals surface area contributed by atoms with E-state index < -0.39 is 11.9 Å². The lowest BCUT2D eigenvalue weighted by molar-refractivity contribution is -0.900. The normalized spacial score (nSPS) is 14.1. The Bertz CT molecular complexity index is 756. The van der Waals surface area contributed by atoms with Crippen LogP contribution in [0.2, 0.25) is 5.15 Å². The molecule has 2 aromatic rings. The molecule has 0 atom stereocenters. The Hall–Kier alpha value is -2.71. The maximum absolute atomic E-state index is 9.04. The van der Waals surface area contributed by atoms with Gasteiger partial charge in [-0.2, -0.15) is 0 Å². The van der Waals surface area contributed by atoms with Crippen LogP contribution >= 0.6 is 11.6 Å². The Morgan fingerprint density at radius 1 is 1.18 bits per heavy atom. The molecule has 8 nitrogen and oxygen atoms in total. The smallest absolute Gasteiger partial charge is 0.351 e. The van der Waals surface area contributed by atoms with Crippen molar-refractivity contribution in [2.45, 2.75) is 12.8 Å². The highest BCUT2D eigenvalue weighted by atomic mass is 35.5. The molecule has 1 fully saturated rings. The fraction of sp³-hybridized carbons (Fsp3) is 0.368. The average molecular weight is 407 g/mol. The molecule has 2 heterocycles.